The summed E-state index contributed by atoms with van der Waals surface area (Å²) in [4.78, 5) is 23.2. The lowest BCUT2D eigenvalue weighted by Gasteiger charge is -2.09. The van der Waals surface area contributed by atoms with Gasteiger partial charge in [0, 0.05) is 10.0 Å². The van der Waals surface area contributed by atoms with Crippen molar-refractivity contribution in [1.82, 2.24) is 0 Å². The predicted octanol–water partition coefficient (Wildman–Crippen LogP) is 4.19. The van der Waals surface area contributed by atoms with Crippen molar-refractivity contribution in [2.45, 2.75) is 0 Å². The van der Waals surface area contributed by atoms with E-state index in [0.717, 1.165) is 6.07 Å². The van der Waals surface area contributed by atoms with Gasteiger partial charge in [-0.15, -0.1) is 0 Å². The van der Waals surface area contributed by atoms with E-state index in [0.29, 0.717) is 4.47 Å². The van der Waals surface area contributed by atoms with Crippen LogP contribution in [0.3, 0.4) is 0 Å². The van der Waals surface area contributed by atoms with Gasteiger partial charge in [0.15, 0.2) is 0 Å². The van der Waals surface area contributed by atoms with Crippen molar-refractivity contribution < 1.29 is 19.1 Å². The second-order valence-electron chi connectivity index (χ2n) is 4.08. The van der Waals surface area contributed by atoms with E-state index in [1.807, 2.05) is 0 Å². The zero-order chi connectivity index (χ0) is 15.6. The van der Waals surface area contributed by atoms with Crippen molar-refractivity contribution in [2.75, 3.05) is 5.32 Å². The van der Waals surface area contributed by atoms with Gasteiger partial charge >= 0.3 is 5.97 Å². The lowest BCUT2D eigenvalue weighted by Crippen LogP contribution is -2.15. The quantitative estimate of drug-likeness (QED) is 0.849. The minimum Gasteiger partial charge on any atom is -0.478 e. The summed E-state index contributed by atoms with van der Waals surface area (Å²) < 4.78 is 13.6. The average molecular weight is 373 g/mol. The van der Waals surface area contributed by atoms with Gasteiger partial charge in [-0.25, -0.2) is 9.18 Å². The first-order valence-electron chi connectivity index (χ1n) is 5.67. The Morgan fingerprint density at radius 1 is 1.19 bits per heavy atom. The number of hydrogen-bond donors (Lipinski definition) is 2. The van der Waals surface area contributed by atoms with Crippen LogP contribution in [0, 0.1) is 5.82 Å². The summed E-state index contributed by atoms with van der Waals surface area (Å²) in [6.07, 6.45) is 0. The van der Waals surface area contributed by atoms with Crippen LogP contribution in [-0.2, 0) is 0 Å². The number of carboxylic acid groups (broad SMARTS) is 1. The van der Waals surface area contributed by atoms with Gasteiger partial charge in [0.25, 0.3) is 5.91 Å². The largest absolute Gasteiger partial charge is 0.478 e. The monoisotopic (exact) mass is 371 g/mol. The maximum atomic E-state index is 13.1. The zero-order valence-corrected chi connectivity index (χ0v) is 12.7. The van der Waals surface area contributed by atoms with E-state index < -0.39 is 17.7 Å². The molecule has 0 aliphatic carbocycles. The van der Waals surface area contributed by atoms with Gasteiger partial charge in [-0.2, -0.15) is 0 Å². The Kier molecular flexibility index (Phi) is 4.59. The number of carboxylic acids is 1. The summed E-state index contributed by atoms with van der Waals surface area (Å²) in [6.45, 7) is 0. The van der Waals surface area contributed by atoms with Crippen LogP contribution in [0.25, 0.3) is 0 Å². The Labute approximate surface area is 132 Å². The van der Waals surface area contributed by atoms with Gasteiger partial charge in [0.2, 0.25) is 0 Å². The lowest BCUT2D eigenvalue weighted by molar-refractivity contribution is 0.0698. The number of anilines is 1. The van der Waals surface area contributed by atoms with Crippen LogP contribution in [0.5, 0.6) is 0 Å². The molecule has 0 aliphatic heterocycles. The van der Waals surface area contributed by atoms with Crippen molar-refractivity contribution in [3.05, 3.63) is 62.8 Å². The highest BCUT2D eigenvalue weighted by Gasteiger charge is 2.15. The Morgan fingerprint density at radius 2 is 1.90 bits per heavy atom. The first-order valence-corrected chi connectivity index (χ1v) is 6.85. The van der Waals surface area contributed by atoms with Crippen molar-refractivity contribution in [1.29, 1.82) is 0 Å². The number of hydrogen-bond acceptors (Lipinski definition) is 2. The summed E-state index contributed by atoms with van der Waals surface area (Å²) >= 11 is 8.77. The van der Waals surface area contributed by atoms with E-state index in [2.05, 4.69) is 21.2 Å². The van der Waals surface area contributed by atoms with Crippen LogP contribution in [-0.4, -0.2) is 17.0 Å². The van der Waals surface area contributed by atoms with E-state index in [9.17, 15) is 14.0 Å². The first kappa shape index (κ1) is 15.5. The number of aromatic carboxylic acids is 1. The summed E-state index contributed by atoms with van der Waals surface area (Å²) in [5.41, 5.74) is 0.197. The number of benzene rings is 2. The topological polar surface area (TPSA) is 66.4 Å². The fraction of sp³-hybridized carbons (Fsp3) is 0. The molecule has 2 aromatic carbocycles. The minimum atomic E-state index is -1.18. The second-order valence-corrected chi connectivity index (χ2v) is 5.40. The van der Waals surface area contributed by atoms with Crippen LogP contribution in [0.4, 0.5) is 10.1 Å². The smallest absolute Gasteiger partial charge is 0.337 e. The molecule has 7 heteroatoms. The molecule has 2 rings (SSSR count). The van der Waals surface area contributed by atoms with Gasteiger partial charge in [0.05, 0.1) is 16.3 Å². The third-order valence-corrected chi connectivity index (χ3v) is 3.42. The van der Waals surface area contributed by atoms with Gasteiger partial charge < -0.3 is 10.4 Å². The van der Waals surface area contributed by atoms with Crippen molar-refractivity contribution >= 4 is 45.1 Å². The molecule has 0 spiro atoms. The average Bonchev–Trinajstić information content (AvgIpc) is 2.43. The highest BCUT2D eigenvalue weighted by Crippen LogP contribution is 2.22. The molecule has 1 amide bonds. The molecule has 4 nitrogen and oxygen atoms in total. The SMILES string of the molecule is O=C(Nc1ccc(Br)cc1C(=O)O)c1ccc(F)c(Cl)c1. The third kappa shape index (κ3) is 3.59. The maximum Gasteiger partial charge on any atom is 0.337 e. The van der Waals surface area contributed by atoms with E-state index in [1.165, 1.54) is 24.3 Å². The summed E-state index contributed by atoms with van der Waals surface area (Å²) in [5, 5.41) is 11.4. The molecule has 0 saturated carbocycles. The molecule has 21 heavy (non-hydrogen) atoms. The van der Waals surface area contributed by atoms with Crippen molar-refractivity contribution in [2.24, 2.45) is 0 Å². The molecule has 0 saturated heterocycles. The third-order valence-electron chi connectivity index (χ3n) is 2.64. The van der Waals surface area contributed by atoms with Crippen LogP contribution >= 0.6 is 27.5 Å². The lowest BCUT2D eigenvalue weighted by atomic mass is 10.1. The number of carbonyl (C=O) groups is 2. The minimum absolute atomic E-state index is 0.0640. The molecule has 0 atom stereocenters. The van der Waals surface area contributed by atoms with Crippen LogP contribution in [0.1, 0.15) is 20.7 Å². The Balaban J connectivity index is 2.31. The van der Waals surface area contributed by atoms with Crippen LogP contribution in [0.15, 0.2) is 40.9 Å². The maximum absolute atomic E-state index is 13.1. The van der Waals surface area contributed by atoms with E-state index >= 15 is 0 Å². The van der Waals surface area contributed by atoms with Gasteiger partial charge in [0.1, 0.15) is 5.82 Å². The molecule has 2 aromatic rings. The molecule has 0 radical (unpaired) electrons. The van der Waals surface area contributed by atoms with E-state index in [4.69, 9.17) is 16.7 Å². The van der Waals surface area contributed by atoms with Crippen molar-refractivity contribution in [3.8, 4) is 0 Å². The van der Waals surface area contributed by atoms with E-state index in [1.54, 1.807) is 6.07 Å². The van der Waals surface area contributed by atoms with Gasteiger partial charge in [-0.05, 0) is 36.4 Å². The number of nitrogens with one attached hydrogen (secondary N) is 1. The Morgan fingerprint density at radius 3 is 2.52 bits per heavy atom. The van der Waals surface area contributed by atoms with Gasteiger partial charge in [-0.1, -0.05) is 27.5 Å². The predicted molar refractivity (Wildman–Crippen MR) is 80.5 cm³/mol. The van der Waals surface area contributed by atoms with Crippen molar-refractivity contribution in [3.63, 3.8) is 0 Å². The molecule has 2 N–H and O–H groups in total. The molecule has 0 fully saturated rings. The highest BCUT2D eigenvalue weighted by atomic mass is 79.9. The second kappa shape index (κ2) is 6.24. The highest BCUT2D eigenvalue weighted by molar-refractivity contribution is 9.10. The number of rotatable bonds is 3. The normalized spacial score (nSPS) is 10.2. The molecule has 108 valence electrons. The fourth-order valence-corrected chi connectivity index (χ4v) is 2.18. The Bertz CT molecular complexity index is 736. The number of carbonyl (C=O) groups excluding carboxylic acids is 1. The standard InChI is InChI=1S/C14H8BrClFNO3/c15-8-2-4-12(9(6-8)14(20)21)18-13(19)7-1-3-11(17)10(16)5-7/h1-6H,(H,18,19)(H,20,21). The van der Waals surface area contributed by atoms with E-state index in [-0.39, 0.29) is 21.8 Å². The fourth-order valence-electron chi connectivity index (χ4n) is 1.63. The first-order chi connectivity index (χ1) is 9.88. The van der Waals surface area contributed by atoms with Crippen LogP contribution in [0.2, 0.25) is 5.02 Å². The van der Waals surface area contributed by atoms with Gasteiger partial charge in [-0.3, -0.25) is 4.79 Å². The molecule has 0 aromatic heterocycles. The molecule has 0 bridgehead atoms. The van der Waals surface area contributed by atoms with Crippen LogP contribution < -0.4 is 5.32 Å². The summed E-state index contributed by atoms with van der Waals surface area (Å²) in [7, 11) is 0. The zero-order valence-electron chi connectivity index (χ0n) is 10.4. The molecule has 0 heterocycles. The molecule has 0 unspecified atom stereocenters. The molecular weight excluding hydrogens is 365 g/mol. The number of halogens is 3. The molecular formula is C14H8BrClFNO3. The summed E-state index contributed by atoms with van der Waals surface area (Å²) in [6, 6.07) is 7.92. The summed E-state index contributed by atoms with van der Waals surface area (Å²) in [5.74, 6) is -2.39. The Hall–Kier alpha value is -1.92. The molecule has 0 aliphatic rings. The number of amides is 1.